The van der Waals surface area contributed by atoms with Crippen molar-refractivity contribution in [2.24, 2.45) is 5.73 Å². The second-order valence-electron chi connectivity index (χ2n) is 6.86. The van der Waals surface area contributed by atoms with E-state index in [9.17, 15) is 14.4 Å². The van der Waals surface area contributed by atoms with Crippen LogP contribution in [0.2, 0.25) is 0 Å². The van der Waals surface area contributed by atoms with Gasteiger partial charge in [0.1, 0.15) is 22.8 Å². The number of carbonyl (C=O) groups is 3. The van der Waals surface area contributed by atoms with Crippen LogP contribution < -0.4 is 21.1 Å². The molecule has 0 radical (unpaired) electrons. The average Bonchev–Trinajstić information content (AvgIpc) is 3.22. The van der Waals surface area contributed by atoms with Gasteiger partial charge in [-0.15, -0.1) is 0 Å². The fraction of sp³-hybridized carbons (Fsp3) is 0.300. The van der Waals surface area contributed by atoms with E-state index in [1.807, 2.05) is 0 Å². The molecule has 164 valence electrons. The minimum Gasteiger partial charge on any atom is -0.494 e. The standard InChI is InChI=1S/C20H23N5O6/c1-10-7-13(11(2)31-10)18(27)24-19-23-14-8-12(17(21)26)9-15(30-3)16(14)25(19)6-4-5-22-20(28)29/h7-9,22H,4-6H2,1-3H3,(H2,21,26)(H,28,29)(H,23,24,27). The van der Waals surface area contributed by atoms with Crippen molar-refractivity contribution >= 4 is 34.9 Å². The van der Waals surface area contributed by atoms with Crippen LogP contribution in [0.4, 0.5) is 10.7 Å². The Morgan fingerprint density at radius 3 is 2.58 bits per heavy atom. The van der Waals surface area contributed by atoms with Gasteiger partial charge in [0.25, 0.3) is 5.91 Å². The van der Waals surface area contributed by atoms with Gasteiger partial charge in [-0.3, -0.25) is 14.9 Å². The number of amides is 3. The second kappa shape index (κ2) is 8.78. The summed E-state index contributed by atoms with van der Waals surface area (Å²) in [6.45, 7) is 3.95. The monoisotopic (exact) mass is 429 g/mol. The zero-order valence-corrected chi connectivity index (χ0v) is 17.3. The highest BCUT2D eigenvalue weighted by Gasteiger charge is 2.21. The number of hydrogen-bond acceptors (Lipinski definition) is 6. The molecule has 0 spiro atoms. The highest BCUT2D eigenvalue weighted by molar-refractivity contribution is 6.05. The number of imidazole rings is 1. The molecule has 31 heavy (non-hydrogen) atoms. The molecule has 0 saturated heterocycles. The van der Waals surface area contributed by atoms with E-state index in [1.165, 1.54) is 19.2 Å². The number of fused-ring (bicyclic) bond motifs is 1. The van der Waals surface area contributed by atoms with E-state index < -0.39 is 17.9 Å². The average molecular weight is 429 g/mol. The third-order valence-electron chi connectivity index (χ3n) is 4.66. The molecule has 0 atom stereocenters. The number of aromatic nitrogens is 2. The lowest BCUT2D eigenvalue weighted by Crippen LogP contribution is -2.23. The lowest BCUT2D eigenvalue weighted by molar-refractivity contribution is 0.0997. The van der Waals surface area contributed by atoms with Gasteiger partial charge in [-0.2, -0.15) is 0 Å². The Hall–Kier alpha value is -4.02. The Kier molecular flexibility index (Phi) is 6.14. The van der Waals surface area contributed by atoms with Crippen molar-refractivity contribution in [3.05, 3.63) is 40.8 Å². The van der Waals surface area contributed by atoms with Crippen LogP contribution in [-0.4, -0.2) is 46.2 Å². The lowest BCUT2D eigenvalue weighted by Gasteiger charge is -2.12. The van der Waals surface area contributed by atoms with Gasteiger partial charge in [0, 0.05) is 18.7 Å². The number of rotatable bonds is 8. The molecule has 0 aliphatic carbocycles. The normalized spacial score (nSPS) is 10.8. The number of hydrogen-bond donors (Lipinski definition) is 4. The van der Waals surface area contributed by atoms with Crippen molar-refractivity contribution in [1.82, 2.24) is 14.9 Å². The summed E-state index contributed by atoms with van der Waals surface area (Å²) in [4.78, 5) is 39.7. The number of methoxy groups -OCH3 is 1. The largest absolute Gasteiger partial charge is 0.494 e. The molecule has 2 heterocycles. The SMILES string of the molecule is COc1cc(C(N)=O)cc2nc(NC(=O)c3cc(C)oc3C)n(CCCNC(=O)O)c12. The predicted molar refractivity (Wildman–Crippen MR) is 112 cm³/mol. The predicted octanol–water partition coefficient (Wildman–Crippen LogP) is 2.26. The maximum atomic E-state index is 12.8. The van der Waals surface area contributed by atoms with Gasteiger partial charge in [-0.1, -0.05) is 0 Å². The molecule has 3 amide bonds. The van der Waals surface area contributed by atoms with Gasteiger partial charge < -0.3 is 29.9 Å². The zero-order valence-electron chi connectivity index (χ0n) is 17.3. The number of nitrogens with zero attached hydrogens (tertiary/aromatic N) is 2. The van der Waals surface area contributed by atoms with E-state index in [-0.39, 0.29) is 18.1 Å². The zero-order chi connectivity index (χ0) is 22.7. The summed E-state index contributed by atoms with van der Waals surface area (Å²) >= 11 is 0. The van der Waals surface area contributed by atoms with Gasteiger partial charge in [-0.25, -0.2) is 9.78 Å². The van der Waals surface area contributed by atoms with E-state index in [2.05, 4.69) is 15.6 Å². The van der Waals surface area contributed by atoms with Crippen molar-refractivity contribution in [3.63, 3.8) is 0 Å². The molecule has 0 aliphatic rings. The van der Waals surface area contributed by atoms with Gasteiger partial charge in [0.05, 0.1) is 18.2 Å². The number of aryl methyl sites for hydroxylation is 3. The van der Waals surface area contributed by atoms with Crippen LogP contribution in [0.25, 0.3) is 11.0 Å². The Labute approximate surface area is 177 Å². The summed E-state index contributed by atoms with van der Waals surface area (Å²) in [5, 5.41) is 13.8. The number of benzene rings is 1. The topological polar surface area (TPSA) is 162 Å². The van der Waals surface area contributed by atoms with Crippen molar-refractivity contribution < 1.29 is 28.6 Å². The van der Waals surface area contributed by atoms with Crippen molar-refractivity contribution in [2.75, 3.05) is 19.0 Å². The van der Waals surface area contributed by atoms with Crippen LogP contribution in [0, 0.1) is 13.8 Å². The van der Waals surface area contributed by atoms with Crippen molar-refractivity contribution in [3.8, 4) is 5.75 Å². The number of furan rings is 1. The third kappa shape index (κ3) is 4.60. The minimum absolute atomic E-state index is 0.199. The molecule has 1 aromatic carbocycles. The van der Waals surface area contributed by atoms with Gasteiger partial charge >= 0.3 is 6.09 Å². The second-order valence-corrected chi connectivity index (χ2v) is 6.86. The molecule has 0 saturated carbocycles. The molecular formula is C20H23N5O6. The first-order valence-corrected chi connectivity index (χ1v) is 9.44. The fourth-order valence-corrected chi connectivity index (χ4v) is 3.30. The number of carboxylic acid groups (broad SMARTS) is 1. The van der Waals surface area contributed by atoms with Gasteiger partial charge in [0.2, 0.25) is 11.9 Å². The summed E-state index contributed by atoms with van der Waals surface area (Å²) in [5.74, 6) is 0.578. The lowest BCUT2D eigenvalue weighted by atomic mass is 10.1. The number of anilines is 1. The maximum Gasteiger partial charge on any atom is 0.404 e. The first-order valence-electron chi connectivity index (χ1n) is 9.44. The molecule has 0 bridgehead atoms. The van der Waals surface area contributed by atoms with Gasteiger partial charge in [-0.05, 0) is 38.5 Å². The number of ether oxygens (including phenoxy) is 1. The molecule has 0 fully saturated rings. The van der Waals surface area contributed by atoms with Crippen LogP contribution in [0.1, 0.15) is 38.7 Å². The Balaban J connectivity index is 2.03. The summed E-state index contributed by atoms with van der Waals surface area (Å²) in [6, 6.07) is 4.63. The first kappa shape index (κ1) is 21.7. The van der Waals surface area contributed by atoms with Crippen molar-refractivity contribution in [1.29, 1.82) is 0 Å². The van der Waals surface area contributed by atoms with Crippen LogP contribution in [0.3, 0.4) is 0 Å². The molecule has 3 aromatic rings. The number of primary amides is 1. The molecule has 11 heteroatoms. The highest BCUT2D eigenvalue weighted by Crippen LogP contribution is 2.31. The molecule has 0 aliphatic heterocycles. The molecular weight excluding hydrogens is 406 g/mol. The van der Waals surface area contributed by atoms with E-state index in [0.717, 1.165) is 0 Å². The molecule has 5 N–H and O–H groups in total. The van der Waals surface area contributed by atoms with Gasteiger partial charge in [0.15, 0.2) is 0 Å². The summed E-state index contributed by atoms with van der Waals surface area (Å²) in [6.07, 6.45) is -0.705. The summed E-state index contributed by atoms with van der Waals surface area (Å²) < 4.78 is 12.5. The molecule has 11 nitrogen and oxygen atoms in total. The van der Waals surface area contributed by atoms with E-state index in [1.54, 1.807) is 24.5 Å². The fourth-order valence-electron chi connectivity index (χ4n) is 3.30. The van der Waals surface area contributed by atoms with Crippen LogP contribution in [0.5, 0.6) is 5.75 Å². The number of nitrogens with two attached hydrogens (primary N) is 1. The summed E-state index contributed by atoms with van der Waals surface area (Å²) in [7, 11) is 1.44. The maximum absolute atomic E-state index is 12.8. The molecule has 0 unspecified atom stereocenters. The van der Waals surface area contributed by atoms with E-state index in [0.29, 0.717) is 46.8 Å². The quantitative estimate of drug-likeness (QED) is 0.399. The van der Waals surface area contributed by atoms with E-state index in [4.69, 9.17) is 20.0 Å². The Bertz CT molecular complexity index is 1160. The van der Waals surface area contributed by atoms with Crippen LogP contribution in [-0.2, 0) is 6.54 Å². The Morgan fingerprint density at radius 1 is 1.26 bits per heavy atom. The highest BCUT2D eigenvalue weighted by atomic mass is 16.5. The molecule has 3 rings (SSSR count). The van der Waals surface area contributed by atoms with Crippen molar-refractivity contribution in [2.45, 2.75) is 26.8 Å². The smallest absolute Gasteiger partial charge is 0.404 e. The van der Waals surface area contributed by atoms with Crippen LogP contribution in [0.15, 0.2) is 22.6 Å². The summed E-state index contributed by atoms with van der Waals surface area (Å²) in [5.41, 5.74) is 6.92. The number of carbonyl (C=O) groups excluding carboxylic acids is 2. The van der Waals surface area contributed by atoms with E-state index >= 15 is 0 Å². The van der Waals surface area contributed by atoms with Crippen LogP contribution >= 0.6 is 0 Å². The molecule has 2 aromatic heterocycles. The Morgan fingerprint density at radius 2 is 2.00 bits per heavy atom. The first-order chi connectivity index (χ1) is 14.7. The third-order valence-corrected chi connectivity index (χ3v) is 4.66. The minimum atomic E-state index is -1.13. The number of nitrogens with one attached hydrogen (secondary N) is 2.